The van der Waals surface area contributed by atoms with E-state index in [-0.39, 0.29) is 17.9 Å². The molecular formula is C16H22N6O. The second-order valence-corrected chi connectivity index (χ2v) is 6.63. The first-order valence-corrected chi connectivity index (χ1v) is 8.45. The van der Waals surface area contributed by atoms with Gasteiger partial charge in [-0.15, -0.1) is 15.3 Å². The minimum absolute atomic E-state index is 0.219. The van der Waals surface area contributed by atoms with Gasteiger partial charge in [0.15, 0.2) is 11.5 Å². The number of aromatic nitrogens is 4. The molecule has 1 unspecified atom stereocenters. The minimum Gasteiger partial charge on any atom is -0.353 e. The van der Waals surface area contributed by atoms with Crippen molar-refractivity contribution in [2.45, 2.75) is 45.1 Å². The first-order valence-electron chi connectivity index (χ1n) is 8.45. The van der Waals surface area contributed by atoms with Gasteiger partial charge in [0.2, 0.25) is 5.91 Å². The predicted octanol–water partition coefficient (Wildman–Crippen LogP) is 1.32. The van der Waals surface area contributed by atoms with Gasteiger partial charge in [0.1, 0.15) is 5.82 Å². The highest BCUT2D eigenvalue weighted by Gasteiger charge is 2.29. The van der Waals surface area contributed by atoms with Crippen LogP contribution < -0.4 is 10.2 Å². The summed E-state index contributed by atoms with van der Waals surface area (Å²) in [6.07, 6.45) is 5.40. The molecule has 2 aliphatic rings. The SMILES string of the molecule is Cc1nnc2ccc(N3CCCC(NC(=O)C4CCC4)C3)nn12. The van der Waals surface area contributed by atoms with Crippen molar-refractivity contribution in [1.29, 1.82) is 0 Å². The van der Waals surface area contributed by atoms with Crippen molar-refractivity contribution in [3.63, 3.8) is 0 Å². The second-order valence-electron chi connectivity index (χ2n) is 6.63. The molecule has 7 heteroatoms. The van der Waals surface area contributed by atoms with Crippen LogP contribution in [0.4, 0.5) is 5.82 Å². The van der Waals surface area contributed by atoms with E-state index >= 15 is 0 Å². The highest BCUT2D eigenvalue weighted by molar-refractivity contribution is 5.79. The molecule has 1 aliphatic carbocycles. The van der Waals surface area contributed by atoms with E-state index < -0.39 is 0 Å². The lowest BCUT2D eigenvalue weighted by Gasteiger charge is -2.35. The zero-order valence-electron chi connectivity index (χ0n) is 13.4. The number of amides is 1. The van der Waals surface area contributed by atoms with Crippen molar-refractivity contribution in [3.8, 4) is 0 Å². The van der Waals surface area contributed by atoms with Crippen LogP contribution in [0.2, 0.25) is 0 Å². The van der Waals surface area contributed by atoms with Gasteiger partial charge in [-0.2, -0.15) is 4.52 Å². The Kier molecular flexibility index (Phi) is 3.63. The van der Waals surface area contributed by atoms with E-state index in [1.807, 2.05) is 19.1 Å². The van der Waals surface area contributed by atoms with Crippen LogP contribution in [0.1, 0.15) is 37.9 Å². The summed E-state index contributed by atoms with van der Waals surface area (Å²) in [7, 11) is 0. The third-order valence-electron chi connectivity index (χ3n) is 4.97. The Morgan fingerprint density at radius 1 is 1.22 bits per heavy atom. The Bertz CT molecular complexity index is 722. The molecule has 0 bridgehead atoms. The summed E-state index contributed by atoms with van der Waals surface area (Å²) in [6.45, 7) is 3.68. The summed E-state index contributed by atoms with van der Waals surface area (Å²) in [4.78, 5) is 14.4. The van der Waals surface area contributed by atoms with Crippen LogP contribution in [-0.2, 0) is 4.79 Å². The second kappa shape index (κ2) is 5.79. The molecule has 1 aliphatic heterocycles. The van der Waals surface area contributed by atoms with Gasteiger partial charge in [-0.1, -0.05) is 6.42 Å². The molecule has 7 nitrogen and oxygen atoms in total. The van der Waals surface area contributed by atoms with Gasteiger partial charge in [-0.25, -0.2) is 0 Å². The first-order chi connectivity index (χ1) is 11.2. The third kappa shape index (κ3) is 2.75. The fourth-order valence-corrected chi connectivity index (χ4v) is 3.35. The standard InChI is InChI=1S/C16H22N6O/c1-11-18-19-14-7-8-15(20-22(11)14)21-9-3-6-13(10-21)17-16(23)12-4-2-5-12/h7-8,12-13H,2-6,9-10H2,1H3,(H,17,23). The topological polar surface area (TPSA) is 75.4 Å². The Morgan fingerprint density at radius 3 is 2.87 bits per heavy atom. The van der Waals surface area contributed by atoms with Gasteiger partial charge in [0, 0.05) is 25.0 Å². The monoisotopic (exact) mass is 314 g/mol. The quantitative estimate of drug-likeness (QED) is 0.925. The zero-order valence-corrected chi connectivity index (χ0v) is 13.4. The van der Waals surface area contributed by atoms with E-state index in [4.69, 9.17) is 0 Å². The number of hydrogen-bond donors (Lipinski definition) is 1. The predicted molar refractivity (Wildman–Crippen MR) is 86.2 cm³/mol. The molecule has 0 aromatic carbocycles. The molecule has 2 aromatic rings. The van der Waals surface area contributed by atoms with Crippen molar-refractivity contribution in [2.24, 2.45) is 5.92 Å². The highest BCUT2D eigenvalue weighted by atomic mass is 16.2. The van der Waals surface area contributed by atoms with Crippen LogP contribution in [0.5, 0.6) is 0 Å². The van der Waals surface area contributed by atoms with Crippen molar-refractivity contribution >= 4 is 17.4 Å². The number of fused-ring (bicyclic) bond motifs is 1. The van der Waals surface area contributed by atoms with E-state index in [1.165, 1.54) is 6.42 Å². The largest absolute Gasteiger partial charge is 0.353 e. The Labute approximate surface area is 135 Å². The smallest absolute Gasteiger partial charge is 0.223 e. The number of hydrogen-bond acceptors (Lipinski definition) is 5. The number of carbonyl (C=O) groups is 1. The molecule has 2 aromatic heterocycles. The van der Waals surface area contributed by atoms with Gasteiger partial charge in [0.25, 0.3) is 0 Å². The molecule has 1 amide bonds. The van der Waals surface area contributed by atoms with Crippen molar-refractivity contribution in [1.82, 2.24) is 25.1 Å². The van der Waals surface area contributed by atoms with Crippen molar-refractivity contribution < 1.29 is 4.79 Å². The van der Waals surface area contributed by atoms with E-state index in [1.54, 1.807) is 4.52 Å². The normalized spacial score (nSPS) is 22.1. The average molecular weight is 314 g/mol. The number of nitrogens with one attached hydrogen (secondary N) is 1. The van der Waals surface area contributed by atoms with Crippen LogP contribution in [0.25, 0.3) is 5.65 Å². The lowest BCUT2D eigenvalue weighted by Crippen LogP contribution is -2.50. The summed E-state index contributed by atoms with van der Waals surface area (Å²) in [5.74, 6) is 2.19. The van der Waals surface area contributed by atoms with Crippen LogP contribution in [0.3, 0.4) is 0 Å². The van der Waals surface area contributed by atoms with E-state index in [9.17, 15) is 4.79 Å². The fraction of sp³-hybridized carbons (Fsp3) is 0.625. The third-order valence-corrected chi connectivity index (χ3v) is 4.97. The summed E-state index contributed by atoms with van der Waals surface area (Å²) >= 11 is 0. The molecule has 3 heterocycles. The number of aryl methyl sites for hydroxylation is 1. The van der Waals surface area contributed by atoms with Gasteiger partial charge in [-0.05, 0) is 44.7 Å². The average Bonchev–Trinajstić information content (AvgIpc) is 2.87. The van der Waals surface area contributed by atoms with Crippen LogP contribution in [-0.4, -0.2) is 44.8 Å². The summed E-state index contributed by atoms with van der Waals surface area (Å²) in [5, 5.41) is 16.0. The maximum atomic E-state index is 12.2. The van der Waals surface area contributed by atoms with E-state index in [0.717, 1.165) is 56.1 Å². The first kappa shape index (κ1) is 14.4. The fourth-order valence-electron chi connectivity index (χ4n) is 3.35. The number of anilines is 1. The summed E-state index contributed by atoms with van der Waals surface area (Å²) in [6, 6.07) is 4.15. The van der Waals surface area contributed by atoms with Gasteiger partial charge >= 0.3 is 0 Å². The van der Waals surface area contributed by atoms with Gasteiger partial charge in [0.05, 0.1) is 0 Å². The van der Waals surface area contributed by atoms with Crippen LogP contribution in [0, 0.1) is 12.8 Å². The van der Waals surface area contributed by atoms with Crippen LogP contribution >= 0.6 is 0 Å². The molecule has 23 heavy (non-hydrogen) atoms. The van der Waals surface area contributed by atoms with Gasteiger partial charge in [-0.3, -0.25) is 4.79 Å². The van der Waals surface area contributed by atoms with E-state index in [2.05, 4.69) is 25.5 Å². The molecule has 1 saturated carbocycles. The molecule has 4 rings (SSSR count). The molecule has 0 spiro atoms. The number of piperidine rings is 1. The lowest BCUT2D eigenvalue weighted by molar-refractivity contribution is -0.128. The highest BCUT2D eigenvalue weighted by Crippen LogP contribution is 2.27. The molecule has 1 atom stereocenters. The molecule has 1 saturated heterocycles. The molecule has 0 radical (unpaired) electrons. The maximum Gasteiger partial charge on any atom is 0.223 e. The maximum absolute atomic E-state index is 12.2. The Hall–Kier alpha value is -2.18. The lowest BCUT2D eigenvalue weighted by atomic mass is 9.84. The molecule has 1 N–H and O–H groups in total. The number of carbonyl (C=O) groups excluding carboxylic acids is 1. The number of rotatable bonds is 3. The summed E-state index contributed by atoms with van der Waals surface area (Å²) in [5.41, 5.74) is 0.762. The molecular weight excluding hydrogens is 292 g/mol. The number of nitrogens with zero attached hydrogens (tertiary/aromatic N) is 5. The van der Waals surface area contributed by atoms with Crippen LogP contribution in [0.15, 0.2) is 12.1 Å². The zero-order chi connectivity index (χ0) is 15.8. The minimum atomic E-state index is 0.219. The van der Waals surface area contributed by atoms with Gasteiger partial charge < -0.3 is 10.2 Å². The summed E-state index contributed by atoms with van der Waals surface area (Å²) < 4.78 is 1.77. The van der Waals surface area contributed by atoms with Crippen molar-refractivity contribution in [2.75, 3.05) is 18.0 Å². The Morgan fingerprint density at radius 2 is 2.09 bits per heavy atom. The van der Waals surface area contributed by atoms with Crippen molar-refractivity contribution in [3.05, 3.63) is 18.0 Å². The van der Waals surface area contributed by atoms with E-state index in [0.29, 0.717) is 0 Å². The molecule has 122 valence electrons. The Balaban J connectivity index is 1.47. The molecule has 2 fully saturated rings.